The van der Waals surface area contributed by atoms with Gasteiger partial charge in [0.15, 0.2) is 0 Å². The standard InChI is InChI=1S/C44H26N2O/c1-2-13-28(14-3-1)45-37-20-10-8-18-32(37)35-25-36-41(26-40(35)45)46(38-23-22-34-33-19-9-11-21-42(33)47-44(34)43(36)38)39-24-27-12-4-5-15-29(27)30-16-6-7-17-31(30)39/h1-26H. The summed E-state index contributed by atoms with van der Waals surface area (Å²) < 4.78 is 11.6. The lowest BCUT2D eigenvalue weighted by atomic mass is 10.00. The number of fused-ring (bicyclic) bond motifs is 13. The fraction of sp³-hybridized carbons (Fsp3) is 0. The lowest BCUT2D eigenvalue weighted by Crippen LogP contribution is -1.97. The van der Waals surface area contributed by atoms with Crippen LogP contribution in [0.4, 0.5) is 0 Å². The number of benzene rings is 8. The molecule has 0 aliphatic carbocycles. The van der Waals surface area contributed by atoms with E-state index < -0.39 is 0 Å². The summed E-state index contributed by atoms with van der Waals surface area (Å²) in [7, 11) is 0. The minimum absolute atomic E-state index is 0.911. The van der Waals surface area contributed by atoms with Crippen LogP contribution in [0.2, 0.25) is 0 Å². The van der Waals surface area contributed by atoms with Crippen molar-refractivity contribution in [1.82, 2.24) is 9.13 Å². The highest BCUT2D eigenvalue weighted by Gasteiger charge is 2.23. The second-order valence-corrected chi connectivity index (χ2v) is 12.5. The number of hydrogen-bond donors (Lipinski definition) is 0. The van der Waals surface area contributed by atoms with E-state index in [1.165, 1.54) is 48.7 Å². The topological polar surface area (TPSA) is 23.0 Å². The molecule has 0 amide bonds. The molecule has 0 atom stereocenters. The Hall–Kier alpha value is -6.32. The predicted octanol–water partition coefficient (Wildman–Crippen LogP) is 12.1. The van der Waals surface area contributed by atoms with Gasteiger partial charge in [0.25, 0.3) is 0 Å². The van der Waals surface area contributed by atoms with Gasteiger partial charge in [-0.3, -0.25) is 0 Å². The van der Waals surface area contributed by atoms with Gasteiger partial charge in [0.1, 0.15) is 11.2 Å². The fourth-order valence-electron chi connectivity index (χ4n) is 8.08. The quantitative estimate of drug-likeness (QED) is 0.182. The molecule has 0 radical (unpaired) electrons. The van der Waals surface area contributed by atoms with Crippen LogP contribution >= 0.6 is 0 Å². The first-order chi connectivity index (χ1) is 23.3. The summed E-state index contributed by atoms with van der Waals surface area (Å²) in [5, 5.41) is 12.0. The summed E-state index contributed by atoms with van der Waals surface area (Å²) in [4.78, 5) is 0. The van der Waals surface area contributed by atoms with Gasteiger partial charge in [0.2, 0.25) is 0 Å². The van der Waals surface area contributed by atoms with Crippen molar-refractivity contribution in [2.45, 2.75) is 0 Å². The number of nitrogens with zero attached hydrogens (tertiary/aromatic N) is 2. The molecule has 0 unspecified atom stereocenters. The summed E-state index contributed by atoms with van der Waals surface area (Å²) in [5.74, 6) is 0. The van der Waals surface area contributed by atoms with Crippen LogP contribution in [0.1, 0.15) is 0 Å². The van der Waals surface area contributed by atoms with E-state index in [2.05, 4.69) is 161 Å². The third-order valence-electron chi connectivity index (χ3n) is 10.1. The predicted molar refractivity (Wildman–Crippen MR) is 197 cm³/mol. The maximum absolute atomic E-state index is 6.74. The first-order valence-corrected chi connectivity index (χ1v) is 16.1. The maximum Gasteiger partial charge on any atom is 0.145 e. The average molecular weight is 599 g/mol. The molecule has 47 heavy (non-hydrogen) atoms. The molecule has 3 heteroatoms. The van der Waals surface area contributed by atoms with Crippen LogP contribution in [0, 0.1) is 0 Å². The van der Waals surface area contributed by atoms with Crippen molar-refractivity contribution in [3.05, 3.63) is 158 Å². The lowest BCUT2D eigenvalue weighted by molar-refractivity contribution is 0.673. The Morgan fingerprint density at radius 3 is 1.91 bits per heavy atom. The van der Waals surface area contributed by atoms with Gasteiger partial charge in [0, 0.05) is 38.0 Å². The van der Waals surface area contributed by atoms with Gasteiger partial charge in [-0.15, -0.1) is 0 Å². The van der Waals surface area contributed by atoms with Crippen LogP contribution in [0.5, 0.6) is 0 Å². The summed E-state index contributed by atoms with van der Waals surface area (Å²) in [5.41, 5.74) is 8.82. The van der Waals surface area contributed by atoms with E-state index in [0.29, 0.717) is 0 Å². The monoisotopic (exact) mass is 598 g/mol. The first kappa shape index (κ1) is 24.9. The molecular weight excluding hydrogens is 572 g/mol. The largest absolute Gasteiger partial charge is 0.455 e. The van der Waals surface area contributed by atoms with Crippen molar-refractivity contribution in [3.8, 4) is 11.4 Å². The Morgan fingerprint density at radius 1 is 0.362 bits per heavy atom. The zero-order chi connectivity index (χ0) is 30.6. The highest BCUT2D eigenvalue weighted by molar-refractivity contribution is 6.27. The third-order valence-corrected chi connectivity index (χ3v) is 10.1. The fourth-order valence-corrected chi connectivity index (χ4v) is 8.08. The van der Waals surface area contributed by atoms with E-state index in [0.717, 1.165) is 49.7 Å². The van der Waals surface area contributed by atoms with Crippen LogP contribution in [0.25, 0.3) is 98.5 Å². The number of para-hydroxylation sites is 3. The molecule has 3 heterocycles. The number of rotatable bonds is 2. The van der Waals surface area contributed by atoms with Gasteiger partial charge in [-0.2, -0.15) is 0 Å². The van der Waals surface area contributed by atoms with Crippen molar-refractivity contribution in [2.24, 2.45) is 0 Å². The van der Waals surface area contributed by atoms with Crippen molar-refractivity contribution in [1.29, 1.82) is 0 Å². The highest BCUT2D eigenvalue weighted by Crippen LogP contribution is 2.45. The molecule has 0 bridgehead atoms. The zero-order valence-corrected chi connectivity index (χ0v) is 25.3. The molecule has 0 saturated heterocycles. The Kier molecular flexibility index (Phi) is 4.84. The number of furan rings is 1. The van der Waals surface area contributed by atoms with Gasteiger partial charge >= 0.3 is 0 Å². The number of aromatic nitrogens is 2. The second kappa shape index (κ2) is 9.12. The molecule has 3 nitrogen and oxygen atoms in total. The Balaban J connectivity index is 1.40. The van der Waals surface area contributed by atoms with E-state index in [1.807, 2.05) is 6.07 Å². The zero-order valence-electron chi connectivity index (χ0n) is 25.3. The molecule has 8 aromatic carbocycles. The van der Waals surface area contributed by atoms with E-state index >= 15 is 0 Å². The average Bonchev–Trinajstić information content (AvgIpc) is 3.78. The van der Waals surface area contributed by atoms with Crippen LogP contribution in [0.3, 0.4) is 0 Å². The first-order valence-electron chi connectivity index (χ1n) is 16.1. The van der Waals surface area contributed by atoms with Crippen LogP contribution in [-0.4, -0.2) is 9.13 Å². The van der Waals surface area contributed by atoms with Crippen molar-refractivity contribution in [3.63, 3.8) is 0 Å². The minimum Gasteiger partial charge on any atom is -0.455 e. The van der Waals surface area contributed by atoms with Gasteiger partial charge in [0.05, 0.1) is 33.1 Å². The van der Waals surface area contributed by atoms with E-state index in [4.69, 9.17) is 4.42 Å². The minimum atomic E-state index is 0.911. The Labute approximate surface area is 269 Å². The van der Waals surface area contributed by atoms with Gasteiger partial charge in [-0.1, -0.05) is 103 Å². The van der Waals surface area contributed by atoms with Crippen molar-refractivity contribution < 1.29 is 4.42 Å². The van der Waals surface area contributed by atoms with Crippen LogP contribution in [-0.2, 0) is 0 Å². The molecule has 0 aliphatic heterocycles. The van der Waals surface area contributed by atoms with E-state index in [1.54, 1.807) is 0 Å². The summed E-state index contributed by atoms with van der Waals surface area (Å²) >= 11 is 0. The van der Waals surface area contributed by atoms with Crippen molar-refractivity contribution >= 4 is 87.1 Å². The molecule has 11 aromatic rings. The summed E-state index contributed by atoms with van der Waals surface area (Å²) in [6.45, 7) is 0. The molecule has 0 aliphatic rings. The van der Waals surface area contributed by atoms with E-state index in [9.17, 15) is 0 Å². The second-order valence-electron chi connectivity index (χ2n) is 12.5. The summed E-state index contributed by atoms with van der Waals surface area (Å²) in [6.07, 6.45) is 0. The maximum atomic E-state index is 6.74. The van der Waals surface area contributed by atoms with Gasteiger partial charge in [-0.25, -0.2) is 0 Å². The SMILES string of the molecule is c1ccc(-n2c3ccccc3c3cc4c5c6oc7ccccc7c6ccc5n(-c5cc6ccccc6c6ccccc56)c4cc32)cc1. The normalized spacial score (nSPS) is 12.3. The molecule has 3 aromatic heterocycles. The molecule has 0 fully saturated rings. The van der Waals surface area contributed by atoms with Crippen LogP contribution < -0.4 is 0 Å². The lowest BCUT2D eigenvalue weighted by Gasteiger charge is -2.14. The molecule has 0 spiro atoms. The van der Waals surface area contributed by atoms with Crippen molar-refractivity contribution in [2.75, 3.05) is 0 Å². The molecule has 218 valence electrons. The molecule has 0 N–H and O–H groups in total. The third kappa shape index (κ3) is 3.30. The summed E-state index contributed by atoms with van der Waals surface area (Å²) in [6, 6.07) is 57.0. The Bertz CT molecular complexity index is 3070. The smallest absolute Gasteiger partial charge is 0.145 e. The highest BCUT2D eigenvalue weighted by atomic mass is 16.3. The number of hydrogen-bond acceptors (Lipinski definition) is 1. The molecule has 11 rings (SSSR count). The molecular formula is C44H26N2O. The van der Waals surface area contributed by atoms with Gasteiger partial charge < -0.3 is 13.6 Å². The van der Waals surface area contributed by atoms with Gasteiger partial charge in [-0.05, 0) is 70.8 Å². The van der Waals surface area contributed by atoms with E-state index in [-0.39, 0.29) is 0 Å². The van der Waals surface area contributed by atoms with Crippen LogP contribution in [0.15, 0.2) is 162 Å². The molecule has 0 saturated carbocycles. The Morgan fingerprint density at radius 2 is 1.04 bits per heavy atom.